The van der Waals surface area contributed by atoms with Gasteiger partial charge < -0.3 is 0 Å². The van der Waals surface area contributed by atoms with E-state index >= 15 is 0 Å². The highest BCUT2D eigenvalue weighted by molar-refractivity contribution is 4.90. The van der Waals surface area contributed by atoms with E-state index in [1.807, 2.05) is 0 Å². The molecule has 0 aromatic rings. The van der Waals surface area contributed by atoms with Crippen molar-refractivity contribution in [3.05, 3.63) is 0 Å². The summed E-state index contributed by atoms with van der Waals surface area (Å²) in [5, 5.41) is 0. The van der Waals surface area contributed by atoms with Crippen molar-refractivity contribution in [3.63, 3.8) is 0 Å². The number of alkyl halides is 1. The molecule has 2 atom stereocenters. The fourth-order valence-corrected chi connectivity index (χ4v) is 3.38. The molecule has 2 fully saturated rings. The monoisotopic (exact) mass is 271 g/mol. The minimum Gasteiger partial charge on any atom is -0.298 e. The first-order chi connectivity index (χ1) is 8.99. The fourth-order valence-electron chi connectivity index (χ4n) is 3.38. The lowest BCUT2D eigenvalue weighted by Crippen LogP contribution is -2.59. The summed E-state index contributed by atoms with van der Waals surface area (Å²) >= 11 is 0. The molecule has 19 heavy (non-hydrogen) atoms. The molecule has 2 rings (SSSR count). The third kappa shape index (κ3) is 3.67. The molecule has 0 aromatic carbocycles. The molecule has 0 saturated carbocycles. The van der Waals surface area contributed by atoms with Crippen molar-refractivity contribution in [1.82, 2.24) is 14.7 Å². The van der Waals surface area contributed by atoms with Crippen LogP contribution >= 0.6 is 0 Å². The lowest BCUT2D eigenvalue weighted by Gasteiger charge is -2.45. The van der Waals surface area contributed by atoms with Crippen molar-refractivity contribution < 1.29 is 4.39 Å². The van der Waals surface area contributed by atoms with Crippen molar-refractivity contribution in [1.29, 1.82) is 0 Å². The first-order valence-corrected chi connectivity index (χ1v) is 7.85. The average Bonchev–Trinajstić information content (AvgIpc) is 2.38. The van der Waals surface area contributed by atoms with Gasteiger partial charge >= 0.3 is 0 Å². The Morgan fingerprint density at radius 2 is 1.42 bits per heavy atom. The molecule has 0 radical (unpaired) electrons. The third-order valence-corrected chi connectivity index (χ3v) is 4.82. The molecular formula is C15H30FN3. The molecule has 3 nitrogen and oxygen atoms in total. The number of piperazine rings is 1. The van der Waals surface area contributed by atoms with E-state index in [2.05, 4.69) is 42.4 Å². The van der Waals surface area contributed by atoms with Crippen LogP contribution in [0, 0.1) is 0 Å². The molecule has 4 heteroatoms. The summed E-state index contributed by atoms with van der Waals surface area (Å²) in [5.41, 5.74) is 0. The van der Waals surface area contributed by atoms with Gasteiger partial charge in [-0.25, -0.2) is 4.39 Å². The predicted octanol–water partition coefficient (Wildman–Crippen LogP) is 1.83. The zero-order valence-electron chi connectivity index (χ0n) is 13.0. The number of hydrogen-bond acceptors (Lipinski definition) is 3. The summed E-state index contributed by atoms with van der Waals surface area (Å²) in [6, 6.07) is 1.24. The first kappa shape index (κ1) is 15.2. The van der Waals surface area contributed by atoms with Crippen LogP contribution in [0.1, 0.15) is 34.1 Å². The zero-order valence-corrected chi connectivity index (χ0v) is 13.0. The lowest BCUT2D eigenvalue weighted by molar-refractivity contribution is -0.00406. The normalized spacial score (nSPS) is 32.4. The topological polar surface area (TPSA) is 9.72 Å². The Balaban J connectivity index is 1.84. The van der Waals surface area contributed by atoms with Crippen LogP contribution in [0.3, 0.4) is 0 Å². The zero-order chi connectivity index (χ0) is 14.0. The number of nitrogens with zero attached hydrogens (tertiary/aromatic N) is 3. The molecular weight excluding hydrogens is 241 g/mol. The summed E-state index contributed by atoms with van der Waals surface area (Å²) in [4.78, 5) is 7.15. The van der Waals surface area contributed by atoms with Crippen LogP contribution < -0.4 is 0 Å². The number of hydrogen-bond donors (Lipinski definition) is 0. The summed E-state index contributed by atoms with van der Waals surface area (Å²) in [6.07, 6.45) is 0.308. The first-order valence-electron chi connectivity index (χ1n) is 7.85. The van der Waals surface area contributed by atoms with Crippen molar-refractivity contribution in [2.24, 2.45) is 0 Å². The summed E-state index contributed by atoms with van der Waals surface area (Å²) in [5.74, 6) is 0. The molecule has 2 heterocycles. The largest absolute Gasteiger partial charge is 0.298 e. The van der Waals surface area contributed by atoms with Gasteiger partial charge in [-0.1, -0.05) is 0 Å². The van der Waals surface area contributed by atoms with E-state index in [1.54, 1.807) is 0 Å². The van der Waals surface area contributed by atoms with Crippen molar-refractivity contribution in [3.8, 4) is 0 Å². The van der Waals surface area contributed by atoms with E-state index in [0.717, 1.165) is 39.1 Å². The average molecular weight is 271 g/mol. The van der Waals surface area contributed by atoms with E-state index in [-0.39, 0.29) is 6.04 Å². The highest BCUT2D eigenvalue weighted by Gasteiger charge is 2.35. The van der Waals surface area contributed by atoms with Crippen molar-refractivity contribution in [2.45, 2.75) is 58.4 Å². The SMILES string of the molecule is CC(C)N1CCN([C@H]2CCN(C(C)C)C[C@@H]2F)CC1. The minimum atomic E-state index is -0.679. The van der Waals surface area contributed by atoms with Gasteiger partial charge in [0.2, 0.25) is 0 Å². The summed E-state index contributed by atoms with van der Waals surface area (Å²) in [6.45, 7) is 14.7. The maximum atomic E-state index is 14.4. The summed E-state index contributed by atoms with van der Waals surface area (Å²) in [7, 11) is 0. The highest BCUT2D eigenvalue weighted by atomic mass is 19.1. The van der Waals surface area contributed by atoms with E-state index in [9.17, 15) is 4.39 Å². The van der Waals surface area contributed by atoms with E-state index in [4.69, 9.17) is 0 Å². The van der Waals surface area contributed by atoms with E-state index in [0.29, 0.717) is 18.6 Å². The fraction of sp³-hybridized carbons (Fsp3) is 1.00. The molecule has 0 aromatic heterocycles. The lowest BCUT2D eigenvalue weighted by atomic mass is 9.99. The van der Waals surface area contributed by atoms with E-state index < -0.39 is 6.17 Å². The van der Waals surface area contributed by atoms with Crippen LogP contribution in [0.15, 0.2) is 0 Å². The molecule has 0 amide bonds. The Bertz CT molecular complexity index is 275. The van der Waals surface area contributed by atoms with Gasteiger partial charge in [-0.3, -0.25) is 14.7 Å². The van der Waals surface area contributed by atoms with Crippen LogP contribution in [-0.2, 0) is 0 Å². The maximum absolute atomic E-state index is 14.4. The molecule has 0 aliphatic carbocycles. The highest BCUT2D eigenvalue weighted by Crippen LogP contribution is 2.22. The molecule has 0 N–H and O–H groups in total. The van der Waals surface area contributed by atoms with Gasteiger partial charge in [0.15, 0.2) is 0 Å². The molecule has 2 saturated heterocycles. The number of piperidine rings is 1. The second kappa shape index (κ2) is 6.51. The van der Waals surface area contributed by atoms with Gasteiger partial charge in [0, 0.05) is 57.4 Å². The van der Waals surface area contributed by atoms with Gasteiger partial charge in [0.1, 0.15) is 6.17 Å². The molecule has 2 aliphatic heterocycles. The third-order valence-electron chi connectivity index (χ3n) is 4.82. The van der Waals surface area contributed by atoms with Gasteiger partial charge in [-0.15, -0.1) is 0 Å². The Morgan fingerprint density at radius 1 is 0.842 bits per heavy atom. The minimum absolute atomic E-state index is 0.157. The van der Waals surface area contributed by atoms with Crippen LogP contribution in [0.5, 0.6) is 0 Å². The Labute approximate surface area is 117 Å². The van der Waals surface area contributed by atoms with E-state index in [1.165, 1.54) is 0 Å². The number of likely N-dealkylation sites (tertiary alicyclic amines) is 1. The van der Waals surface area contributed by atoms with Gasteiger partial charge in [0.05, 0.1) is 0 Å². The molecule has 2 aliphatic rings. The second-order valence-corrected chi connectivity index (χ2v) is 6.63. The van der Waals surface area contributed by atoms with Crippen molar-refractivity contribution >= 4 is 0 Å². The molecule has 112 valence electrons. The smallest absolute Gasteiger partial charge is 0.128 e. The predicted molar refractivity (Wildman–Crippen MR) is 78.3 cm³/mol. The van der Waals surface area contributed by atoms with Gasteiger partial charge in [-0.05, 0) is 34.1 Å². The van der Waals surface area contributed by atoms with Gasteiger partial charge in [-0.2, -0.15) is 0 Å². The van der Waals surface area contributed by atoms with Crippen LogP contribution in [-0.4, -0.2) is 78.3 Å². The Kier molecular flexibility index (Phi) is 5.21. The number of rotatable bonds is 3. The van der Waals surface area contributed by atoms with Crippen LogP contribution in [0.2, 0.25) is 0 Å². The second-order valence-electron chi connectivity index (χ2n) is 6.63. The standard InChI is InChI=1S/C15H30FN3/c1-12(2)17-7-9-18(10-8-17)15-5-6-19(13(3)4)11-14(15)16/h12-15H,5-11H2,1-4H3/t14-,15-/m0/s1. The van der Waals surface area contributed by atoms with Crippen LogP contribution in [0.4, 0.5) is 4.39 Å². The van der Waals surface area contributed by atoms with Crippen LogP contribution in [0.25, 0.3) is 0 Å². The quantitative estimate of drug-likeness (QED) is 0.775. The van der Waals surface area contributed by atoms with Crippen molar-refractivity contribution in [2.75, 3.05) is 39.3 Å². The Hall–Kier alpha value is -0.190. The molecule has 0 bridgehead atoms. The van der Waals surface area contributed by atoms with Gasteiger partial charge in [0.25, 0.3) is 0 Å². The molecule has 0 spiro atoms. The Morgan fingerprint density at radius 3 is 1.89 bits per heavy atom. The maximum Gasteiger partial charge on any atom is 0.128 e. The molecule has 0 unspecified atom stereocenters. The number of halogens is 1. The summed E-state index contributed by atoms with van der Waals surface area (Å²) < 4.78 is 14.4.